The zero-order chi connectivity index (χ0) is 20.6. The maximum absolute atomic E-state index is 11.9. The van der Waals surface area contributed by atoms with E-state index in [0.29, 0.717) is 23.0 Å². The van der Waals surface area contributed by atoms with Gasteiger partial charge in [-0.15, -0.1) is 0 Å². The Bertz CT molecular complexity index is 982. The third kappa shape index (κ3) is 5.68. The van der Waals surface area contributed by atoms with Gasteiger partial charge in [0.1, 0.15) is 10.9 Å². The second-order valence-corrected chi connectivity index (χ2v) is 6.87. The maximum atomic E-state index is 11.9. The molecule has 7 heteroatoms. The van der Waals surface area contributed by atoms with E-state index in [1.165, 1.54) is 11.8 Å². The van der Waals surface area contributed by atoms with Gasteiger partial charge in [0.25, 0.3) is 5.91 Å². The highest BCUT2D eigenvalue weighted by atomic mass is 35.5. The highest BCUT2D eigenvalue weighted by Crippen LogP contribution is 2.19. The summed E-state index contributed by atoms with van der Waals surface area (Å²) in [6, 6.07) is 17.6. The molecule has 3 aromatic rings. The fraction of sp³-hybridized carbons (Fsp3) is 0.227. The van der Waals surface area contributed by atoms with Crippen LogP contribution in [0.25, 0.3) is 0 Å². The van der Waals surface area contributed by atoms with Crippen molar-refractivity contribution < 1.29 is 9.53 Å². The van der Waals surface area contributed by atoms with Gasteiger partial charge in [0.05, 0.1) is 24.0 Å². The van der Waals surface area contributed by atoms with Crippen molar-refractivity contribution in [2.24, 2.45) is 5.10 Å². The second-order valence-electron chi connectivity index (χ2n) is 6.51. The summed E-state index contributed by atoms with van der Waals surface area (Å²) >= 11 is 6.43. The predicted octanol–water partition coefficient (Wildman–Crippen LogP) is 3.98. The Morgan fingerprint density at radius 2 is 1.90 bits per heavy atom. The first-order valence-electron chi connectivity index (χ1n) is 9.37. The van der Waals surface area contributed by atoms with Crippen molar-refractivity contribution in [3.8, 4) is 5.75 Å². The van der Waals surface area contributed by atoms with Crippen LogP contribution in [-0.4, -0.2) is 28.5 Å². The van der Waals surface area contributed by atoms with Gasteiger partial charge in [-0.1, -0.05) is 61.0 Å². The lowest BCUT2D eigenvalue weighted by atomic mass is 10.2. The lowest BCUT2D eigenvalue weighted by Crippen LogP contribution is -2.24. The third-order valence-electron chi connectivity index (χ3n) is 4.37. The summed E-state index contributed by atoms with van der Waals surface area (Å²) in [6.45, 7) is 4.37. The van der Waals surface area contributed by atoms with Crippen LogP contribution in [0.2, 0.25) is 5.15 Å². The van der Waals surface area contributed by atoms with Crippen molar-refractivity contribution in [3.05, 3.63) is 82.1 Å². The first kappa shape index (κ1) is 20.6. The van der Waals surface area contributed by atoms with Gasteiger partial charge in [-0.2, -0.15) is 10.2 Å². The van der Waals surface area contributed by atoms with Crippen LogP contribution in [0.1, 0.15) is 29.3 Å². The molecule has 0 aliphatic rings. The Labute approximate surface area is 175 Å². The van der Waals surface area contributed by atoms with Crippen molar-refractivity contribution in [2.45, 2.75) is 26.8 Å². The maximum Gasteiger partial charge on any atom is 0.277 e. The van der Waals surface area contributed by atoms with Crippen LogP contribution in [0, 0.1) is 6.92 Å². The number of aromatic nitrogens is 2. The summed E-state index contributed by atoms with van der Waals surface area (Å²) in [6.07, 6.45) is 2.46. The number of hydrogen-bond donors (Lipinski definition) is 1. The molecule has 1 amide bonds. The summed E-state index contributed by atoms with van der Waals surface area (Å²) in [7, 11) is 0. The molecule has 6 nitrogen and oxygen atoms in total. The standard InChI is InChI=1S/C22H23ClN4O2/c1-3-17-9-11-19(12-10-17)29-15-21(28)25-24-13-20-16(2)26-27(22(20)23)14-18-7-5-4-6-8-18/h4-13H,3,14-15H2,1-2H3,(H,25,28)/b24-13+. The first-order valence-corrected chi connectivity index (χ1v) is 9.75. The minimum Gasteiger partial charge on any atom is -0.484 e. The smallest absolute Gasteiger partial charge is 0.277 e. The van der Waals surface area contributed by atoms with Crippen LogP contribution in [0.15, 0.2) is 59.7 Å². The number of carbonyl (C=O) groups is 1. The van der Waals surface area contributed by atoms with E-state index >= 15 is 0 Å². The topological polar surface area (TPSA) is 68.5 Å². The molecule has 2 aromatic carbocycles. The average Bonchev–Trinajstić information content (AvgIpc) is 3.00. The van der Waals surface area contributed by atoms with Crippen LogP contribution in [0.4, 0.5) is 0 Å². The van der Waals surface area contributed by atoms with E-state index in [-0.39, 0.29) is 12.5 Å². The Morgan fingerprint density at radius 1 is 1.17 bits per heavy atom. The molecule has 0 bridgehead atoms. The van der Waals surface area contributed by atoms with Crippen LogP contribution >= 0.6 is 11.6 Å². The average molecular weight is 411 g/mol. The summed E-state index contributed by atoms with van der Waals surface area (Å²) in [5.41, 5.74) is 6.15. The SMILES string of the molecule is CCc1ccc(OCC(=O)N/N=C/c2c(C)nn(Cc3ccccc3)c2Cl)cc1. The number of nitrogens with zero attached hydrogens (tertiary/aromatic N) is 3. The van der Waals surface area contributed by atoms with Crippen molar-refractivity contribution in [3.63, 3.8) is 0 Å². The van der Waals surface area contributed by atoms with Gasteiger partial charge >= 0.3 is 0 Å². The zero-order valence-corrected chi connectivity index (χ0v) is 17.2. The van der Waals surface area contributed by atoms with Gasteiger partial charge in [0.15, 0.2) is 6.61 Å². The number of carbonyl (C=O) groups excluding carboxylic acids is 1. The molecule has 150 valence electrons. The summed E-state index contributed by atoms with van der Waals surface area (Å²) in [5.74, 6) is 0.286. The van der Waals surface area contributed by atoms with Crippen molar-refractivity contribution in [1.29, 1.82) is 0 Å². The Kier molecular flexibility index (Phi) is 7.03. The fourth-order valence-electron chi connectivity index (χ4n) is 2.75. The number of benzene rings is 2. The number of hydrazone groups is 1. The van der Waals surface area contributed by atoms with Crippen molar-refractivity contribution >= 4 is 23.7 Å². The first-order chi connectivity index (χ1) is 14.1. The second kappa shape index (κ2) is 9.89. The van der Waals surface area contributed by atoms with E-state index in [1.54, 1.807) is 4.68 Å². The van der Waals surface area contributed by atoms with Gasteiger partial charge in [-0.25, -0.2) is 10.1 Å². The molecule has 0 saturated carbocycles. The van der Waals surface area contributed by atoms with Crippen LogP contribution in [0.3, 0.4) is 0 Å². The predicted molar refractivity (Wildman–Crippen MR) is 115 cm³/mol. The number of halogens is 1. The summed E-state index contributed by atoms with van der Waals surface area (Å²) in [5, 5.41) is 8.90. The third-order valence-corrected chi connectivity index (χ3v) is 4.77. The number of aryl methyl sites for hydroxylation is 2. The Hall–Kier alpha value is -3.12. The largest absolute Gasteiger partial charge is 0.484 e. The van der Waals surface area contributed by atoms with Crippen LogP contribution < -0.4 is 10.2 Å². The molecule has 0 fully saturated rings. The fourth-order valence-corrected chi connectivity index (χ4v) is 3.03. The molecule has 0 aliphatic carbocycles. The van der Waals surface area contributed by atoms with E-state index in [0.717, 1.165) is 17.7 Å². The Balaban J connectivity index is 1.54. The molecule has 0 radical (unpaired) electrons. The van der Waals surface area contributed by atoms with Gasteiger partial charge in [-0.05, 0) is 36.6 Å². The van der Waals surface area contributed by atoms with Gasteiger partial charge in [0, 0.05) is 0 Å². The summed E-state index contributed by atoms with van der Waals surface area (Å²) in [4.78, 5) is 11.9. The van der Waals surface area contributed by atoms with Gasteiger partial charge in [-0.3, -0.25) is 4.79 Å². The monoisotopic (exact) mass is 410 g/mol. The molecule has 1 heterocycles. The molecule has 0 spiro atoms. The molecule has 0 atom stereocenters. The lowest BCUT2D eigenvalue weighted by molar-refractivity contribution is -0.123. The molecular formula is C22H23ClN4O2. The minimum absolute atomic E-state index is 0.122. The molecule has 29 heavy (non-hydrogen) atoms. The number of nitrogens with one attached hydrogen (secondary N) is 1. The number of hydrogen-bond acceptors (Lipinski definition) is 4. The van der Waals surface area contributed by atoms with E-state index in [9.17, 15) is 4.79 Å². The number of amides is 1. The molecule has 0 unspecified atom stereocenters. The van der Waals surface area contributed by atoms with E-state index in [1.807, 2.05) is 61.5 Å². The quantitative estimate of drug-likeness (QED) is 0.451. The van der Waals surface area contributed by atoms with Crippen LogP contribution in [-0.2, 0) is 17.8 Å². The zero-order valence-electron chi connectivity index (χ0n) is 16.4. The minimum atomic E-state index is -0.355. The van der Waals surface area contributed by atoms with E-state index < -0.39 is 0 Å². The van der Waals surface area contributed by atoms with Crippen molar-refractivity contribution in [2.75, 3.05) is 6.61 Å². The van der Waals surface area contributed by atoms with Crippen LogP contribution in [0.5, 0.6) is 5.75 Å². The van der Waals surface area contributed by atoms with Gasteiger partial charge < -0.3 is 4.74 Å². The normalized spacial score (nSPS) is 11.0. The summed E-state index contributed by atoms with van der Waals surface area (Å²) < 4.78 is 7.17. The molecular weight excluding hydrogens is 388 g/mol. The number of rotatable bonds is 8. The van der Waals surface area contributed by atoms with Crippen molar-refractivity contribution in [1.82, 2.24) is 15.2 Å². The molecule has 1 aromatic heterocycles. The highest BCUT2D eigenvalue weighted by molar-refractivity contribution is 6.32. The highest BCUT2D eigenvalue weighted by Gasteiger charge is 2.12. The van der Waals surface area contributed by atoms with E-state index in [4.69, 9.17) is 16.3 Å². The Morgan fingerprint density at radius 3 is 2.59 bits per heavy atom. The van der Waals surface area contributed by atoms with Gasteiger partial charge in [0.2, 0.25) is 0 Å². The molecule has 0 aliphatic heterocycles. The van der Waals surface area contributed by atoms with E-state index in [2.05, 4.69) is 22.5 Å². The molecule has 3 rings (SSSR count). The number of ether oxygens (including phenoxy) is 1. The molecule has 1 N–H and O–H groups in total. The lowest BCUT2D eigenvalue weighted by Gasteiger charge is -2.05. The molecule has 0 saturated heterocycles.